The smallest absolute Gasteiger partial charge is 0.319 e. The molecule has 3 amide bonds. The Labute approximate surface area is 166 Å². The van der Waals surface area contributed by atoms with Gasteiger partial charge in [0.1, 0.15) is 0 Å². The number of primary amides is 1. The maximum atomic E-state index is 12.8. The van der Waals surface area contributed by atoms with Gasteiger partial charge >= 0.3 is 6.03 Å². The number of hydrogen-bond donors (Lipinski definition) is 2. The van der Waals surface area contributed by atoms with Crippen molar-refractivity contribution in [3.63, 3.8) is 0 Å². The first-order valence-electron chi connectivity index (χ1n) is 8.76. The van der Waals surface area contributed by atoms with E-state index in [1.54, 1.807) is 22.9 Å². The second-order valence-electron chi connectivity index (χ2n) is 6.54. The highest BCUT2D eigenvalue weighted by Gasteiger charge is 2.23. The molecule has 0 saturated heterocycles. The number of aromatic nitrogens is 2. The molecule has 0 fully saturated rings. The molecular weight excluding hydrogens is 378 g/mol. The molecule has 0 radical (unpaired) electrons. The molecule has 4 rings (SSSR count). The van der Waals surface area contributed by atoms with E-state index in [0.717, 1.165) is 11.3 Å². The molecule has 0 unspecified atom stereocenters. The van der Waals surface area contributed by atoms with Gasteiger partial charge in [-0.05, 0) is 49.2 Å². The lowest BCUT2D eigenvalue weighted by atomic mass is 10.1. The molecule has 1 aliphatic rings. The van der Waals surface area contributed by atoms with Crippen LogP contribution in [0.15, 0.2) is 48.7 Å². The molecule has 2 aromatic carbocycles. The van der Waals surface area contributed by atoms with Crippen LogP contribution in [0.25, 0.3) is 5.69 Å². The Hall–Kier alpha value is -3.32. The molecule has 1 aromatic heterocycles. The summed E-state index contributed by atoms with van der Waals surface area (Å²) >= 11 is 6.24. The average molecular weight is 396 g/mol. The van der Waals surface area contributed by atoms with Crippen molar-refractivity contribution in [2.24, 2.45) is 5.73 Å². The van der Waals surface area contributed by atoms with Crippen LogP contribution in [0, 0.1) is 6.92 Å². The molecule has 0 bridgehead atoms. The van der Waals surface area contributed by atoms with E-state index >= 15 is 0 Å². The Balaban J connectivity index is 1.57. The molecule has 0 aliphatic carbocycles. The van der Waals surface area contributed by atoms with Gasteiger partial charge in [0.05, 0.1) is 28.2 Å². The number of nitrogens with two attached hydrogens (primary N) is 1. The van der Waals surface area contributed by atoms with Crippen LogP contribution in [-0.4, -0.2) is 28.3 Å². The minimum absolute atomic E-state index is 0.263. The van der Waals surface area contributed by atoms with Crippen molar-refractivity contribution >= 4 is 34.9 Å². The Kier molecular flexibility index (Phi) is 4.52. The molecule has 3 aromatic rings. The van der Waals surface area contributed by atoms with E-state index in [4.69, 9.17) is 17.3 Å². The summed E-state index contributed by atoms with van der Waals surface area (Å²) in [5.74, 6) is -0.263. The molecule has 3 N–H and O–H groups in total. The lowest BCUT2D eigenvalue weighted by Gasteiger charge is -2.14. The van der Waals surface area contributed by atoms with E-state index in [2.05, 4.69) is 10.4 Å². The number of carbonyl (C=O) groups excluding carboxylic acids is 2. The molecule has 7 nitrogen and oxygen atoms in total. The summed E-state index contributed by atoms with van der Waals surface area (Å²) in [6.07, 6.45) is 2.22. The quantitative estimate of drug-likeness (QED) is 0.710. The number of urea groups is 1. The van der Waals surface area contributed by atoms with Crippen LogP contribution < -0.4 is 16.0 Å². The molecular formula is C20H18ClN5O2. The average Bonchev–Trinajstić information content (AvgIpc) is 3.25. The predicted molar refractivity (Wildman–Crippen MR) is 108 cm³/mol. The molecule has 8 heteroatoms. The van der Waals surface area contributed by atoms with E-state index in [1.807, 2.05) is 31.2 Å². The van der Waals surface area contributed by atoms with Crippen molar-refractivity contribution in [1.82, 2.24) is 9.78 Å². The van der Waals surface area contributed by atoms with E-state index < -0.39 is 6.03 Å². The summed E-state index contributed by atoms with van der Waals surface area (Å²) in [5.41, 5.74) is 9.65. The lowest BCUT2D eigenvalue weighted by molar-refractivity contribution is 0.102. The number of carbonyl (C=O) groups is 2. The van der Waals surface area contributed by atoms with Crippen LogP contribution in [0.1, 0.15) is 21.6 Å². The van der Waals surface area contributed by atoms with Gasteiger partial charge in [-0.3, -0.25) is 9.69 Å². The third-order valence-corrected chi connectivity index (χ3v) is 5.15. The van der Waals surface area contributed by atoms with Gasteiger partial charge in [0.15, 0.2) is 0 Å². The normalized spacial score (nSPS) is 12.7. The highest BCUT2D eigenvalue weighted by atomic mass is 35.5. The predicted octanol–water partition coefficient (Wildman–Crippen LogP) is 3.53. The minimum atomic E-state index is -0.474. The van der Waals surface area contributed by atoms with E-state index in [1.165, 1.54) is 11.1 Å². The van der Waals surface area contributed by atoms with Crippen LogP contribution in [0.2, 0.25) is 5.02 Å². The van der Waals surface area contributed by atoms with Gasteiger partial charge in [0.25, 0.3) is 5.91 Å². The first-order valence-corrected chi connectivity index (χ1v) is 9.14. The standard InChI is InChI=1S/C20H18ClN5O2/c1-12-15(11-23-26(12)18-5-3-2-4-16(18)21)19(27)24-14-6-7-17-13(10-14)8-9-25(17)20(22)28/h2-7,10-11H,8-9H2,1H3,(H2,22,28)(H,24,27). The lowest BCUT2D eigenvalue weighted by Crippen LogP contribution is -2.33. The number of benzene rings is 2. The number of fused-ring (bicyclic) bond motifs is 1. The summed E-state index contributed by atoms with van der Waals surface area (Å²) in [4.78, 5) is 25.7. The Morgan fingerprint density at radius 1 is 1.18 bits per heavy atom. The number of hydrogen-bond acceptors (Lipinski definition) is 3. The zero-order chi connectivity index (χ0) is 19.8. The fraction of sp³-hybridized carbons (Fsp3) is 0.150. The highest BCUT2D eigenvalue weighted by Crippen LogP contribution is 2.30. The van der Waals surface area contributed by atoms with Gasteiger partial charge in [0, 0.05) is 17.9 Å². The first kappa shape index (κ1) is 18.1. The fourth-order valence-electron chi connectivity index (χ4n) is 3.41. The topological polar surface area (TPSA) is 93.2 Å². The summed E-state index contributed by atoms with van der Waals surface area (Å²) in [7, 11) is 0. The van der Waals surface area contributed by atoms with Crippen molar-refractivity contribution in [2.45, 2.75) is 13.3 Å². The molecule has 0 spiro atoms. The van der Waals surface area contributed by atoms with Crippen LogP contribution in [-0.2, 0) is 6.42 Å². The number of anilines is 2. The summed E-state index contributed by atoms with van der Waals surface area (Å²) in [5, 5.41) is 7.76. The number of nitrogens with zero attached hydrogens (tertiary/aromatic N) is 3. The minimum Gasteiger partial charge on any atom is -0.351 e. The second-order valence-corrected chi connectivity index (χ2v) is 6.95. The molecule has 28 heavy (non-hydrogen) atoms. The van der Waals surface area contributed by atoms with Crippen molar-refractivity contribution in [3.8, 4) is 5.69 Å². The SMILES string of the molecule is Cc1c(C(=O)Nc2ccc3c(c2)CCN3C(N)=O)cnn1-c1ccccc1Cl. The van der Waals surface area contributed by atoms with Crippen LogP contribution >= 0.6 is 11.6 Å². The van der Waals surface area contributed by atoms with E-state index in [-0.39, 0.29) is 5.91 Å². The molecule has 0 atom stereocenters. The Morgan fingerprint density at radius 2 is 1.96 bits per heavy atom. The van der Waals surface area contributed by atoms with Crippen molar-refractivity contribution < 1.29 is 9.59 Å². The first-order chi connectivity index (χ1) is 13.5. The van der Waals surface area contributed by atoms with E-state index in [0.29, 0.717) is 40.6 Å². The van der Waals surface area contributed by atoms with Gasteiger partial charge in [-0.15, -0.1) is 0 Å². The zero-order valence-corrected chi connectivity index (χ0v) is 15.9. The largest absolute Gasteiger partial charge is 0.351 e. The number of para-hydroxylation sites is 1. The maximum Gasteiger partial charge on any atom is 0.319 e. The van der Waals surface area contributed by atoms with Gasteiger partial charge in [0.2, 0.25) is 0 Å². The Morgan fingerprint density at radius 3 is 2.71 bits per heavy atom. The van der Waals surface area contributed by atoms with Crippen molar-refractivity contribution in [2.75, 3.05) is 16.8 Å². The molecule has 0 saturated carbocycles. The molecule has 2 heterocycles. The number of amides is 3. The maximum absolute atomic E-state index is 12.8. The van der Waals surface area contributed by atoms with Gasteiger partial charge in [-0.1, -0.05) is 23.7 Å². The second kappa shape index (κ2) is 7.01. The third kappa shape index (κ3) is 3.10. The molecule has 1 aliphatic heterocycles. The number of nitrogens with one attached hydrogen (secondary N) is 1. The van der Waals surface area contributed by atoms with Gasteiger partial charge in [-0.2, -0.15) is 5.10 Å². The monoisotopic (exact) mass is 395 g/mol. The highest BCUT2D eigenvalue weighted by molar-refractivity contribution is 6.32. The summed E-state index contributed by atoms with van der Waals surface area (Å²) < 4.78 is 1.64. The van der Waals surface area contributed by atoms with Gasteiger partial charge < -0.3 is 11.1 Å². The van der Waals surface area contributed by atoms with Crippen molar-refractivity contribution in [3.05, 3.63) is 70.5 Å². The summed E-state index contributed by atoms with van der Waals surface area (Å²) in [6.45, 7) is 2.37. The zero-order valence-electron chi connectivity index (χ0n) is 15.1. The Bertz CT molecular complexity index is 1090. The van der Waals surface area contributed by atoms with Crippen LogP contribution in [0.4, 0.5) is 16.2 Å². The van der Waals surface area contributed by atoms with Crippen LogP contribution in [0.3, 0.4) is 0 Å². The molecule has 142 valence electrons. The van der Waals surface area contributed by atoms with Gasteiger partial charge in [-0.25, -0.2) is 9.48 Å². The summed E-state index contributed by atoms with van der Waals surface area (Å²) in [6, 6.07) is 12.3. The third-order valence-electron chi connectivity index (χ3n) is 4.83. The van der Waals surface area contributed by atoms with Crippen LogP contribution in [0.5, 0.6) is 0 Å². The van der Waals surface area contributed by atoms with Crippen molar-refractivity contribution in [1.29, 1.82) is 0 Å². The number of rotatable bonds is 3. The van der Waals surface area contributed by atoms with E-state index in [9.17, 15) is 9.59 Å². The fourth-order valence-corrected chi connectivity index (χ4v) is 3.62. The number of halogens is 1.